The maximum Gasteiger partial charge on any atom is 0.267 e. The molecule has 3 nitrogen and oxygen atoms in total. The topological polar surface area (TPSA) is 37.8 Å². The van der Waals surface area contributed by atoms with Crippen molar-refractivity contribution in [2.24, 2.45) is 11.3 Å². The first-order chi connectivity index (χ1) is 12.7. The zero-order valence-corrected chi connectivity index (χ0v) is 18.2. The predicted molar refractivity (Wildman–Crippen MR) is 117 cm³/mol. The van der Waals surface area contributed by atoms with Crippen LogP contribution in [-0.4, -0.2) is 9.55 Å². The van der Waals surface area contributed by atoms with E-state index >= 15 is 0 Å². The Kier molecular flexibility index (Phi) is 4.43. The van der Waals surface area contributed by atoms with Crippen LogP contribution < -0.4 is 5.56 Å². The zero-order chi connectivity index (χ0) is 19.5. The number of nitrogens with zero attached hydrogens (tertiary/aromatic N) is 1. The summed E-state index contributed by atoms with van der Waals surface area (Å²) >= 11 is 7.33. The summed E-state index contributed by atoms with van der Waals surface area (Å²) in [5, 5.41) is 0.846. The van der Waals surface area contributed by atoms with Gasteiger partial charge in [0.05, 0.1) is 11.1 Å². The van der Waals surface area contributed by atoms with Gasteiger partial charge in [-0.25, -0.2) is 0 Å². The van der Waals surface area contributed by atoms with Crippen LogP contribution in [0.15, 0.2) is 23.0 Å². The lowest BCUT2D eigenvalue weighted by atomic mass is 9.72. The molecule has 0 spiro atoms. The average molecular weight is 399 g/mol. The number of benzene rings is 1. The summed E-state index contributed by atoms with van der Waals surface area (Å²) in [6.07, 6.45) is 3.17. The van der Waals surface area contributed by atoms with Crippen LogP contribution in [0.3, 0.4) is 0 Å². The van der Waals surface area contributed by atoms with Gasteiger partial charge in [0.2, 0.25) is 0 Å². The lowest BCUT2D eigenvalue weighted by Gasteiger charge is -2.33. The number of nitrogens with one attached hydrogen (secondary N) is 1. The molecule has 1 N–H and O–H groups in total. The van der Waals surface area contributed by atoms with E-state index in [0.29, 0.717) is 16.1 Å². The normalized spacial score (nSPS) is 17.3. The Hall–Kier alpha value is -1.72. The summed E-state index contributed by atoms with van der Waals surface area (Å²) in [6.45, 7) is 11.0. The maximum absolute atomic E-state index is 13.5. The summed E-state index contributed by atoms with van der Waals surface area (Å²) in [4.78, 5) is 19.2. The molecule has 0 aliphatic heterocycles. The fourth-order valence-electron chi connectivity index (χ4n) is 4.36. The fraction of sp³-hybridized carbons (Fsp3) is 0.455. The molecule has 1 aliphatic carbocycles. The van der Waals surface area contributed by atoms with Crippen molar-refractivity contribution >= 4 is 33.8 Å². The predicted octanol–water partition coefficient (Wildman–Crippen LogP) is 5.88. The van der Waals surface area contributed by atoms with Crippen LogP contribution in [0.1, 0.15) is 48.8 Å². The van der Waals surface area contributed by atoms with Crippen LogP contribution in [0.4, 0.5) is 0 Å². The van der Waals surface area contributed by atoms with Gasteiger partial charge in [0.1, 0.15) is 4.83 Å². The summed E-state index contributed by atoms with van der Waals surface area (Å²) in [5.41, 5.74) is 4.60. The first-order valence-electron chi connectivity index (χ1n) is 9.54. The van der Waals surface area contributed by atoms with E-state index in [4.69, 9.17) is 12.2 Å². The van der Waals surface area contributed by atoms with E-state index in [1.54, 1.807) is 15.9 Å². The molecule has 1 aliphatic rings. The largest absolute Gasteiger partial charge is 0.323 e. The van der Waals surface area contributed by atoms with Crippen molar-refractivity contribution in [1.82, 2.24) is 9.55 Å². The summed E-state index contributed by atoms with van der Waals surface area (Å²) in [5.74, 6) is 0.655. The Morgan fingerprint density at radius 2 is 1.89 bits per heavy atom. The molecule has 1 aromatic carbocycles. The molecule has 0 amide bonds. The summed E-state index contributed by atoms with van der Waals surface area (Å²) in [7, 11) is 0. The van der Waals surface area contributed by atoms with Gasteiger partial charge in [0.25, 0.3) is 5.56 Å². The van der Waals surface area contributed by atoms with Crippen molar-refractivity contribution in [2.75, 3.05) is 0 Å². The van der Waals surface area contributed by atoms with Crippen LogP contribution in [0.5, 0.6) is 0 Å². The van der Waals surface area contributed by atoms with Crippen LogP contribution in [0.2, 0.25) is 0 Å². The van der Waals surface area contributed by atoms with Crippen molar-refractivity contribution in [1.29, 1.82) is 0 Å². The van der Waals surface area contributed by atoms with Gasteiger partial charge in [-0.2, -0.15) is 0 Å². The molecule has 2 heterocycles. The number of aryl methyl sites for hydroxylation is 3. The number of aromatic amines is 1. The van der Waals surface area contributed by atoms with Crippen molar-refractivity contribution in [3.63, 3.8) is 0 Å². The lowest BCUT2D eigenvalue weighted by molar-refractivity contribution is 0.218. The number of fused-ring (bicyclic) bond motifs is 3. The molecule has 0 saturated heterocycles. The van der Waals surface area contributed by atoms with Crippen molar-refractivity contribution < 1.29 is 0 Å². The van der Waals surface area contributed by atoms with Crippen LogP contribution in [0.25, 0.3) is 15.9 Å². The molecule has 0 bridgehead atoms. The molecule has 0 fully saturated rings. The minimum atomic E-state index is 0.0258. The molecule has 1 unspecified atom stereocenters. The molecule has 1 atom stereocenters. The first-order valence-corrected chi connectivity index (χ1v) is 10.8. The van der Waals surface area contributed by atoms with Crippen molar-refractivity contribution in [3.8, 4) is 5.69 Å². The third-order valence-electron chi connectivity index (χ3n) is 5.99. The third kappa shape index (κ3) is 3.01. The molecule has 5 heteroatoms. The number of para-hydroxylation sites is 1. The van der Waals surface area contributed by atoms with Gasteiger partial charge in [0, 0.05) is 4.88 Å². The highest BCUT2D eigenvalue weighted by atomic mass is 32.1. The third-order valence-corrected chi connectivity index (χ3v) is 7.45. The Labute approximate surface area is 169 Å². The summed E-state index contributed by atoms with van der Waals surface area (Å²) < 4.78 is 2.18. The molecule has 0 saturated carbocycles. The molecular formula is C22H26N2OS2. The second-order valence-corrected chi connectivity index (χ2v) is 10.3. The quantitative estimate of drug-likeness (QED) is 0.520. The van der Waals surface area contributed by atoms with Gasteiger partial charge in [0.15, 0.2) is 4.77 Å². The molecule has 27 heavy (non-hydrogen) atoms. The number of hydrogen-bond donors (Lipinski definition) is 1. The fourth-order valence-corrected chi connectivity index (χ4v) is 6.02. The number of thiophene rings is 1. The molecule has 142 valence electrons. The van der Waals surface area contributed by atoms with E-state index in [2.05, 4.69) is 25.8 Å². The summed E-state index contributed by atoms with van der Waals surface area (Å²) in [6, 6.07) is 6.08. The highest BCUT2D eigenvalue weighted by molar-refractivity contribution is 7.71. The molecule has 3 aromatic rings. The van der Waals surface area contributed by atoms with Crippen LogP contribution in [-0.2, 0) is 12.8 Å². The molecule has 4 rings (SSSR count). The van der Waals surface area contributed by atoms with E-state index in [0.717, 1.165) is 46.3 Å². The van der Waals surface area contributed by atoms with Crippen LogP contribution >= 0.6 is 23.6 Å². The Bertz CT molecular complexity index is 1140. The van der Waals surface area contributed by atoms with E-state index in [-0.39, 0.29) is 5.56 Å². The van der Waals surface area contributed by atoms with E-state index < -0.39 is 0 Å². The second-order valence-electron chi connectivity index (χ2n) is 8.82. The monoisotopic (exact) mass is 398 g/mol. The standard InChI is InChI=1S/C22H26N2OS2/c1-12-7-6-8-13(2)18(12)24-20(25)17-15-10-9-14(22(3,4)5)11-16(15)27-19(17)23-21(24)26/h6-8,14H,9-11H2,1-5H3,(H,23,26). The Morgan fingerprint density at radius 1 is 1.22 bits per heavy atom. The van der Waals surface area contributed by atoms with Gasteiger partial charge >= 0.3 is 0 Å². The van der Waals surface area contributed by atoms with Gasteiger partial charge in [-0.3, -0.25) is 9.36 Å². The number of aromatic nitrogens is 2. The number of H-pyrrole nitrogens is 1. The van der Waals surface area contributed by atoms with Gasteiger partial charge < -0.3 is 4.98 Å². The SMILES string of the molecule is Cc1cccc(C)c1-n1c(=S)[nH]c2sc3c(c2c1=O)CCC(C(C)(C)C)C3. The molecule has 2 aromatic heterocycles. The van der Waals surface area contributed by atoms with Gasteiger partial charge in [-0.1, -0.05) is 39.0 Å². The number of hydrogen-bond acceptors (Lipinski definition) is 3. The minimum absolute atomic E-state index is 0.0258. The highest BCUT2D eigenvalue weighted by Gasteiger charge is 2.31. The number of rotatable bonds is 1. The average Bonchev–Trinajstić information content (AvgIpc) is 2.93. The zero-order valence-electron chi connectivity index (χ0n) is 16.6. The molecular weight excluding hydrogens is 372 g/mol. The smallest absolute Gasteiger partial charge is 0.267 e. The Morgan fingerprint density at radius 3 is 2.52 bits per heavy atom. The highest BCUT2D eigenvalue weighted by Crippen LogP contribution is 2.42. The van der Waals surface area contributed by atoms with Gasteiger partial charge in [-0.15, -0.1) is 11.3 Å². The van der Waals surface area contributed by atoms with E-state index in [1.807, 2.05) is 32.0 Å². The maximum atomic E-state index is 13.5. The van der Waals surface area contributed by atoms with E-state index in [1.165, 1.54) is 10.4 Å². The minimum Gasteiger partial charge on any atom is -0.323 e. The van der Waals surface area contributed by atoms with Crippen molar-refractivity contribution in [3.05, 3.63) is 54.9 Å². The first kappa shape index (κ1) is 18.6. The molecule has 0 radical (unpaired) electrons. The Balaban J connectivity index is 1.97. The lowest BCUT2D eigenvalue weighted by Crippen LogP contribution is -2.27. The van der Waals surface area contributed by atoms with Crippen LogP contribution in [0, 0.1) is 30.0 Å². The van der Waals surface area contributed by atoms with Crippen molar-refractivity contribution in [2.45, 2.75) is 53.9 Å². The van der Waals surface area contributed by atoms with E-state index in [9.17, 15) is 4.79 Å². The van der Waals surface area contributed by atoms with Gasteiger partial charge in [-0.05, 0) is 73.4 Å². The second kappa shape index (κ2) is 6.42.